The van der Waals surface area contributed by atoms with Gasteiger partial charge >= 0.3 is 0 Å². The molecule has 1 fully saturated rings. The average Bonchev–Trinajstić information content (AvgIpc) is 3.62. The predicted molar refractivity (Wildman–Crippen MR) is 143 cm³/mol. The topological polar surface area (TPSA) is 113 Å². The maximum Gasteiger partial charge on any atom is 0.266 e. The summed E-state index contributed by atoms with van der Waals surface area (Å²) in [5.74, 6) is -1.26. The second-order valence-corrected chi connectivity index (χ2v) is 10.2. The Labute approximate surface area is 221 Å². The Morgan fingerprint density at radius 3 is 2.16 bits per heavy atom. The van der Waals surface area contributed by atoms with Crippen molar-refractivity contribution in [2.75, 3.05) is 21.7 Å². The van der Waals surface area contributed by atoms with Gasteiger partial charge in [-0.3, -0.25) is 24.5 Å². The number of imide groups is 1. The van der Waals surface area contributed by atoms with Gasteiger partial charge in [-0.25, -0.2) is 4.90 Å². The van der Waals surface area contributed by atoms with Crippen LogP contribution in [0, 0.1) is 6.92 Å². The van der Waals surface area contributed by atoms with Gasteiger partial charge in [0, 0.05) is 30.1 Å². The number of carbonyl (C=O) groups excluding carboxylic acids is 4. The molecule has 0 bridgehead atoms. The fourth-order valence-corrected chi connectivity index (χ4v) is 5.48. The first-order valence-corrected chi connectivity index (χ1v) is 12.8. The molecule has 9 nitrogen and oxygen atoms in total. The lowest BCUT2D eigenvalue weighted by Crippen LogP contribution is -2.29. The van der Waals surface area contributed by atoms with E-state index >= 15 is 0 Å². The van der Waals surface area contributed by atoms with E-state index in [1.165, 1.54) is 11.3 Å². The minimum atomic E-state index is -0.398. The fourth-order valence-electron chi connectivity index (χ4n) is 4.65. The molecular formula is C28H21N5O4S. The lowest BCUT2D eigenvalue weighted by Gasteiger charge is -2.16. The standard InChI is InChI=1S/C28H21N5O4S/c1-16-6-10-19(11-7-16)32-15-18(14-23(32)34)25-30-31-28(38-25)29-24(35)17-8-12-20(13-9-17)33-26(36)21-4-2-3-5-22(21)27(33)37/h2-13,18H,14-15H2,1H3,(H,29,31,35). The van der Waals surface area contributed by atoms with Crippen LogP contribution < -0.4 is 15.1 Å². The summed E-state index contributed by atoms with van der Waals surface area (Å²) < 4.78 is 0. The third kappa shape index (κ3) is 4.14. The van der Waals surface area contributed by atoms with E-state index < -0.39 is 17.7 Å². The third-order valence-electron chi connectivity index (χ3n) is 6.66. The predicted octanol–water partition coefficient (Wildman–Crippen LogP) is 4.42. The highest BCUT2D eigenvalue weighted by molar-refractivity contribution is 7.15. The first-order valence-electron chi connectivity index (χ1n) is 12.0. The molecule has 2 aliphatic rings. The summed E-state index contributed by atoms with van der Waals surface area (Å²) in [7, 11) is 0. The van der Waals surface area contributed by atoms with Crippen molar-refractivity contribution in [3.05, 3.63) is 100 Å². The van der Waals surface area contributed by atoms with Crippen molar-refractivity contribution in [3.8, 4) is 0 Å². The third-order valence-corrected chi connectivity index (χ3v) is 7.66. The number of fused-ring (bicyclic) bond motifs is 1. The smallest absolute Gasteiger partial charge is 0.266 e. The molecule has 4 aromatic rings. The number of aryl methyl sites for hydroxylation is 1. The van der Waals surface area contributed by atoms with Crippen LogP contribution in [0.25, 0.3) is 0 Å². The van der Waals surface area contributed by atoms with Gasteiger partial charge in [-0.1, -0.05) is 41.2 Å². The van der Waals surface area contributed by atoms with E-state index in [-0.39, 0.29) is 11.8 Å². The van der Waals surface area contributed by atoms with E-state index in [9.17, 15) is 19.2 Å². The Bertz CT molecular complexity index is 1560. The second kappa shape index (κ2) is 9.31. The Morgan fingerprint density at radius 2 is 1.50 bits per heavy atom. The van der Waals surface area contributed by atoms with Gasteiger partial charge in [0.25, 0.3) is 17.7 Å². The van der Waals surface area contributed by atoms with Crippen molar-refractivity contribution in [2.45, 2.75) is 19.3 Å². The molecule has 2 aliphatic heterocycles. The Balaban J connectivity index is 1.12. The highest BCUT2D eigenvalue weighted by Gasteiger charge is 2.36. The fraction of sp³-hybridized carbons (Fsp3) is 0.143. The van der Waals surface area contributed by atoms with Crippen LogP contribution in [0.2, 0.25) is 0 Å². The highest BCUT2D eigenvalue weighted by Crippen LogP contribution is 2.34. The van der Waals surface area contributed by atoms with Gasteiger partial charge < -0.3 is 4.90 Å². The van der Waals surface area contributed by atoms with Gasteiger partial charge in [-0.15, -0.1) is 10.2 Å². The molecule has 3 aromatic carbocycles. The van der Waals surface area contributed by atoms with E-state index in [0.717, 1.165) is 16.2 Å². The molecular weight excluding hydrogens is 502 g/mol. The molecule has 0 saturated carbocycles. The number of aromatic nitrogens is 2. The first kappa shape index (κ1) is 23.7. The van der Waals surface area contributed by atoms with Crippen LogP contribution in [0.3, 0.4) is 0 Å². The normalized spacial score (nSPS) is 16.8. The zero-order valence-corrected chi connectivity index (χ0v) is 21.1. The molecule has 6 rings (SSSR count). The summed E-state index contributed by atoms with van der Waals surface area (Å²) in [5.41, 5.74) is 3.42. The van der Waals surface area contributed by atoms with Gasteiger partial charge in [0.2, 0.25) is 11.0 Å². The van der Waals surface area contributed by atoms with E-state index in [4.69, 9.17) is 0 Å². The van der Waals surface area contributed by atoms with Crippen molar-refractivity contribution in [1.29, 1.82) is 0 Å². The Hall–Kier alpha value is -4.70. The van der Waals surface area contributed by atoms with E-state index in [1.807, 2.05) is 31.2 Å². The van der Waals surface area contributed by atoms with Gasteiger partial charge in [-0.05, 0) is 55.5 Å². The number of nitrogens with one attached hydrogen (secondary N) is 1. The molecule has 4 amide bonds. The number of rotatable bonds is 5. The number of hydrogen-bond donors (Lipinski definition) is 1. The van der Waals surface area contributed by atoms with Gasteiger partial charge in [0.1, 0.15) is 5.01 Å². The van der Waals surface area contributed by atoms with Crippen LogP contribution in [0.1, 0.15) is 54.0 Å². The van der Waals surface area contributed by atoms with E-state index in [0.29, 0.717) is 45.5 Å². The number of anilines is 3. The monoisotopic (exact) mass is 523 g/mol. The molecule has 1 N–H and O–H groups in total. The lowest BCUT2D eigenvalue weighted by atomic mass is 10.1. The van der Waals surface area contributed by atoms with Crippen LogP contribution in [-0.2, 0) is 4.79 Å². The van der Waals surface area contributed by atoms with Gasteiger partial charge in [-0.2, -0.15) is 0 Å². The first-order chi connectivity index (χ1) is 18.4. The van der Waals surface area contributed by atoms with E-state index in [1.54, 1.807) is 53.4 Å². The lowest BCUT2D eigenvalue weighted by molar-refractivity contribution is -0.117. The van der Waals surface area contributed by atoms with Crippen LogP contribution in [0.15, 0.2) is 72.8 Å². The molecule has 3 heterocycles. The molecule has 1 aromatic heterocycles. The zero-order chi connectivity index (χ0) is 26.4. The van der Waals surface area contributed by atoms with Crippen molar-refractivity contribution in [3.63, 3.8) is 0 Å². The van der Waals surface area contributed by atoms with Gasteiger partial charge in [0.15, 0.2) is 0 Å². The number of amides is 4. The zero-order valence-electron chi connectivity index (χ0n) is 20.2. The SMILES string of the molecule is Cc1ccc(N2CC(c3nnc(NC(=O)c4ccc(N5C(=O)c6ccccc6C5=O)cc4)s3)CC2=O)cc1. The van der Waals surface area contributed by atoms with Crippen molar-refractivity contribution >= 4 is 51.5 Å². The van der Waals surface area contributed by atoms with Crippen LogP contribution >= 0.6 is 11.3 Å². The Morgan fingerprint density at radius 1 is 0.868 bits per heavy atom. The molecule has 1 unspecified atom stereocenters. The molecule has 0 radical (unpaired) electrons. The minimum Gasteiger partial charge on any atom is -0.312 e. The summed E-state index contributed by atoms with van der Waals surface area (Å²) in [6, 6.07) is 20.7. The molecule has 1 atom stereocenters. The van der Waals surface area contributed by atoms with Crippen LogP contribution in [0.5, 0.6) is 0 Å². The average molecular weight is 524 g/mol. The van der Waals surface area contributed by atoms with Crippen molar-refractivity contribution < 1.29 is 19.2 Å². The van der Waals surface area contributed by atoms with Crippen molar-refractivity contribution in [2.24, 2.45) is 0 Å². The number of nitrogens with zero attached hydrogens (tertiary/aromatic N) is 4. The molecule has 38 heavy (non-hydrogen) atoms. The van der Waals surface area contributed by atoms with Crippen LogP contribution in [-0.4, -0.2) is 40.4 Å². The maximum atomic E-state index is 12.8. The number of carbonyl (C=O) groups is 4. The Kier molecular flexibility index (Phi) is 5.80. The second-order valence-electron chi connectivity index (χ2n) is 9.18. The number of hydrogen-bond acceptors (Lipinski definition) is 7. The van der Waals surface area contributed by atoms with Gasteiger partial charge in [0.05, 0.1) is 16.8 Å². The maximum absolute atomic E-state index is 12.8. The highest BCUT2D eigenvalue weighted by atomic mass is 32.1. The molecule has 1 saturated heterocycles. The van der Waals surface area contributed by atoms with E-state index in [2.05, 4.69) is 15.5 Å². The summed E-state index contributed by atoms with van der Waals surface area (Å²) in [5, 5.41) is 12.1. The summed E-state index contributed by atoms with van der Waals surface area (Å²) in [6.07, 6.45) is 0.329. The summed E-state index contributed by atoms with van der Waals surface area (Å²) in [6.45, 7) is 2.50. The summed E-state index contributed by atoms with van der Waals surface area (Å²) in [4.78, 5) is 53.7. The summed E-state index contributed by atoms with van der Waals surface area (Å²) >= 11 is 1.24. The molecule has 0 spiro atoms. The number of benzene rings is 3. The molecule has 10 heteroatoms. The van der Waals surface area contributed by atoms with Crippen molar-refractivity contribution in [1.82, 2.24) is 10.2 Å². The molecule has 0 aliphatic carbocycles. The quantitative estimate of drug-likeness (QED) is 0.388. The molecule has 188 valence electrons. The minimum absolute atomic E-state index is 0.0257. The largest absolute Gasteiger partial charge is 0.312 e. The van der Waals surface area contributed by atoms with Crippen LogP contribution in [0.4, 0.5) is 16.5 Å².